The van der Waals surface area contributed by atoms with Crippen LogP contribution in [0.25, 0.3) is 0 Å². The van der Waals surface area contributed by atoms with Gasteiger partial charge in [0.1, 0.15) is 5.69 Å². The summed E-state index contributed by atoms with van der Waals surface area (Å²) >= 11 is 0. The standard InChI is InChI=1S/C16H21N3O2/c1-3-19-15(11-12(2)18-19)16(21)17-14(9-10-20)13-7-5-4-6-8-13/h4-8,11,14,20H,3,9-10H2,1-2H3,(H,17,21). The van der Waals surface area contributed by atoms with Crippen molar-refractivity contribution in [3.63, 3.8) is 0 Å². The molecule has 0 saturated heterocycles. The van der Waals surface area contributed by atoms with Crippen molar-refractivity contribution in [2.24, 2.45) is 0 Å². The molecule has 0 bridgehead atoms. The van der Waals surface area contributed by atoms with E-state index in [9.17, 15) is 9.90 Å². The van der Waals surface area contributed by atoms with Gasteiger partial charge in [0, 0.05) is 13.2 Å². The number of carbonyl (C=O) groups is 1. The molecule has 1 aromatic heterocycles. The summed E-state index contributed by atoms with van der Waals surface area (Å²) in [5, 5.41) is 16.5. The summed E-state index contributed by atoms with van der Waals surface area (Å²) < 4.78 is 1.69. The maximum absolute atomic E-state index is 12.4. The van der Waals surface area contributed by atoms with Crippen molar-refractivity contribution in [3.8, 4) is 0 Å². The third-order valence-electron chi connectivity index (χ3n) is 3.36. The number of hydrogen-bond acceptors (Lipinski definition) is 3. The second-order valence-electron chi connectivity index (χ2n) is 4.94. The topological polar surface area (TPSA) is 67.2 Å². The number of hydrogen-bond donors (Lipinski definition) is 2. The van der Waals surface area contributed by atoms with Crippen LogP contribution in [0.3, 0.4) is 0 Å². The van der Waals surface area contributed by atoms with Crippen LogP contribution in [-0.2, 0) is 6.54 Å². The average molecular weight is 287 g/mol. The Morgan fingerprint density at radius 2 is 2.10 bits per heavy atom. The Morgan fingerprint density at radius 1 is 1.38 bits per heavy atom. The van der Waals surface area contributed by atoms with Crippen molar-refractivity contribution >= 4 is 5.91 Å². The van der Waals surface area contributed by atoms with E-state index in [1.807, 2.05) is 44.2 Å². The van der Waals surface area contributed by atoms with Crippen molar-refractivity contribution in [1.82, 2.24) is 15.1 Å². The predicted molar refractivity (Wildman–Crippen MR) is 81.0 cm³/mol. The molecule has 2 N–H and O–H groups in total. The lowest BCUT2D eigenvalue weighted by atomic mass is 10.0. The lowest BCUT2D eigenvalue weighted by Crippen LogP contribution is -2.31. The molecule has 2 rings (SSSR count). The van der Waals surface area contributed by atoms with E-state index in [0.717, 1.165) is 11.3 Å². The second-order valence-corrected chi connectivity index (χ2v) is 4.94. The maximum Gasteiger partial charge on any atom is 0.270 e. The van der Waals surface area contributed by atoms with Crippen LogP contribution in [0, 0.1) is 6.92 Å². The van der Waals surface area contributed by atoms with Crippen LogP contribution in [0.5, 0.6) is 0 Å². The first kappa shape index (κ1) is 15.3. The zero-order valence-corrected chi connectivity index (χ0v) is 12.4. The summed E-state index contributed by atoms with van der Waals surface area (Å²) in [6.07, 6.45) is 0.481. The van der Waals surface area contributed by atoms with Gasteiger partial charge in [0.25, 0.3) is 5.91 Å². The minimum Gasteiger partial charge on any atom is -0.396 e. The van der Waals surface area contributed by atoms with Crippen LogP contribution >= 0.6 is 0 Å². The maximum atomic E-state index is 12.4. The first-order valence-corrected chi connectivity index (χ1v) is 7.16. The zero-order valence-electron chi connectivity index (χ0n) is 12.4. The number of aliphatic hydroxyl groups excluding tert-OH is 1. The minimum absolute atomic E-state index is 0.0198. The molecule has 0 aliphatic heterocycles. The molecular weight excluding hydrogens is 266 g/mol. The summed E-state index contributed by atoms with van der Waals surface area (Å²) in [7, 11) is 0. The fourth-order valence-corrected chi connectivity index (χ4v) is 2.34. The molecule has 1 unspecified atom stereocenters. The smallest absolute Gasteiger partial charge is 0.270 e. The Kier molecular flexibility index (Phi) is 5.11. The first-order valence-electron chi connectivity index (χ1n) is 7.16. The molecule has 0 radical (unpaired) electrons. The highest BCUT2D eigenvalue weighted by atomic mass is 16.3. The number of rotatable bonds is 6. The molecule has 0 aliphatic carbocycles. The lowest BCUT2D eigenvalue weighted by Gasteiger charge is -2.18. The van der Waals surface area contributed by atoms with Gasteiger partial charge in [0.05, 0.1) is 11.7 Å². The fraction of sp³-hybridized carbons (Fsp3) is 0.375. The lowest BCUT2D eigenvalue weighted by molar-refractivity contribution is 0.0919. The van der Waals surface area contributed by atoms with E-state index in [-0.39, 0.29) is 18.6 Å². The molecule has 21 heavy (non-hydrogen) atoms. The van der Waals surface area contributed by atoms with E-state index >= 15 is 0 Å². The molecule has 5 nitrogen and oxygen atoms in total. The summed E-state index contributed by atoms with van der Waals surface area (Å²) in [4.78, 5) is 12.4. The summed E-state index contributed by atoms with van der Waals surface area (Å²) in [5.74, 6) is -0.167. The van der Waals surface area contributed by atoms with Gasteiger partial charge in [-0.05, 0) is 31.9 Å². The third kappa shape index (κ3) is 3.70. The quantitative estimate of drug-likeness (QED) is 0.854. The monoisotopic (exact) mass is 287 g/mol. The number of nitrogens with zero attached hydrogens (tertiary/aromatic N) is 2. The highest BCUT2D eigenvalue weighted by molar-refractivity contribution is 5.93. The van der Waals surface area contributed by atoms with E-state index in [1.54, 1.807) is 10.7 Å². The number of carbonyl (C=O) groups excluding carboxylic acids is 1. The van der Waals surface area contributed by atoms with Gasteiger partial charge in [-0.3, -0.25) is 9.48 Å². The Bertz CT molecular complexity index is 593. The molecular formula is C16H21N3O2. The molecule has 1 atom stereocenters. The van der Waals surface area contributed by atoms with Crippen molar-refractivity contribution < 1.29 is 9.90 Å². The molecule has 1 amide bonds. The van der Waals surface area contributed by atoms with E-state index < -0.39 is 0 Å². The number of aliphatic hydroxyl groups is 1. The Hall–Kier alpha value is -2.14. The Morgan fingerprint density at radius 3 is 2.71 bits per heavy atom. The molecule has 5 heteroatoms. The average Bonchev–Trinajstić information content (AvgIpc) is 2.89. The van der Waals surface area contributed by atoms with E-state index in [1.165, 1.54) is 0 Å². The summed E-state index contributed by atoms with van der Waals surface area (Å²) in [5.41, 5.74) is 2.36. The minimum atomic E-state index is -0.204. The van der Waals surface area contributed by atoms with Crippen LogP contribution in [0.1, 0.15) is 41.1 Å². The number of nitrogens with one attached hydrogen (secondary N) is 1. The van der Waals surface area contributed by atoms with E-state index in [4.69, 9.17) is 0 Å². The largest absolute Gasteiger partial charge is 0.396 e. The number of aromatic nitrogens is 2. The van der Waals surface area contributed by atoms with Crippen LogP contribution in [0.2, 0.25) is 0 Å². The summed E-state index contributed by atoms with van der Waals surface area (Å²) in [6.45, 7) is 4.48. The molecule has 1 aromatic carbocycles. The SMILES string of the molecule is CCn1nc(C)cc1C(=O)NC(CCO)c1ccccc1. The predicted octanol–water partition coefficient (Wildman–Crippen LogP) is 2.06. The van der Waals surface area contributed by atoms with Crippen molar-refractivity contribution in [3.05, 3.63) is 53.3 Å². The van der Waals surface area contributed by atoms with Gasteiger partial charge in [-0.25, -0.2) is 0 Å². The van der Waals surface area contributed by atoms with Crippen LogP contribution < -0.4 is 5.32 Å². The third-order valence-corrected chi connectivity index (χ3v) is 3.36. The van der Waals surface area contributed by atoms with E-state index in [0.29, 0.717) is 18.7 Å². The first-order chi connectivity index (χ1) is 10.2. The van der Waals surface area contributed by atoms with Crippen molar-refractivity contribution in [2.45, 2.75) is 32.9 Å². The van der Waals surface area contributed by atoms with Gasteiger partial charge >= 0.3 is 0 Å². The molecule has 1 heterocycles. The molecule has 0 fully saturated rings. The number of amides is 1. The van der Waals surface area contributed by atoms with Crippen LogP contribution in [-0.4, -0.2) is 27.4 Å². The van der Waals surface area contributed by atoms with Crippen LogP contribution in [0.15, 0.2) is 36.4 Å². The number of benzene rings is 1. The van der Waals surface area contributed by atoms with Gasteiger partial charge in [-0.2, -0.15) is 5.10 Å². The second kappa shape index (κ2) is 7.04. The normalized spacial score (nSPS) is 12.1. The van der Waals surface area contributed by atoms with Gasteiger partial charge in [0.2, 0.25) is 0 Å². The highest BCUT2D eigenvalue weighted by Gasteiger charge is 2.18. The van der Waals surface area contributed by atoms with Crippen molar-refractivity contribution in [2.75, 3.05) is 6.61 Å². The van der Waals surface area contributed by atoms with E-state index in [2.05, 4.69) is 10.4 Å². The zero-order chi connectivity index (χ0) is 15.2. The molecule has 0 aliphatic rings. The Labute approximate surface area is 124 Å². The highest BCUT2D eigenvalue weighted by Crippen LogP contribution is 2.17. The van der Waals surface area contributed by atoms with Gasteiger partial charge in [0.15, 0.2) is 0 Å². The molecule has 0 saturated carbocycles. The molecule has 0 spiro atoms. The Balaban J connectivity index is 2.18. The van der Waals surface area contributed by atoms with Gasteiger partial charge in [-0.1, -0.05) is 30.3 Å². The fourth-order valence-electron chi connectivity index (χ4n) is 2.34. The van der Waals surface area contributed by atoms with Crippen molar-refractivity contribution in [1.29, 1.82) is 0 Å². The molecule has 112 valence electrons. The molecule has 2 aromatic rings. The van der Waals surface area contributed by atoms with Crippen LogP contribution in [0.4, 0.5) is 0 Å². The van der Waals surface area contributed by atoms with Gasteiger partial charge < -0.3 is 10.4 Å². The number of aryl methyl sites for hydroxylation is 2. The summed E-state index contributed by atoms with van der Waals surface area (Å²) in [6, 6.07) is 11.2. The van der Waals surface area contributed by atoms with Gasteiger partial charge in [-0.15, -0.1) is 0 Å².